The molecule has 5 unspecified atom stereocenters. The number of hydrogen-bond acceptors (Lipinski definition) is 8. The molecule has 16 heteroatoms. The fourth-order valence-electron chi connectivity index (χ4n) is 4.20. The topological polar surface area (TPSA) is 256 Å². The molecule has 46 heavy (non-hydrogen) atoms. The second kappa shape index (κ2) is 20.1. The summed E-state index contributed by atoms with van der Waals surface area (Å²) >= 11 is 0. The summed E-state index contributed by atoms with van der Waals surface area (Å²) in [6.45, 7) is 8.17. The first-order chi connectivity index (χ1) is 21.7. The lowest BCUT2D eigenvalue weighted by molar-refractivity contribution is -0.135. The molecule has 0 saturated heterocycles. The van der Waals surface area contributed by atoms with Crippen molar-refractivity contribution < 1.29 is 33.6 Å². The zero-order valence-corrected chi connectivity index (χ0v) is 26.9. The molecule has 1 aromatic rings. The number of hydrogen-bond donors (Lipinski definition) is 8. The van der Waals surface area contributed by atoms with Gasteiger partial charge in [0, 0.05) is 25.2 Å². The third-order valence-electron chi connectivity index (χ3n) is 6.94. The van der Waals surface area contributed by atoms with Gasteiger partial charge < -0.3 is 38.1 Å². The molecule has 8 amide bonds. The van der Waals surface area contributed by atoms with Crippen molar-refractivity contribution in [3.8, 4) is 0 Å². The minimum atomic E-state index is -1.30. The van der Waals surface area contributed by atoms with Crippen LogP contribution in [0.1, 0.15) is 66.7 Å². The summed E-state index contributed by atoms with van der Waals surface area (Å²) in [6, 6.07) is 3.63. The Bertz CT molecular complexity index is 1240. The van der Waals surface area contributed by atoms with Gasteiger partial charge in [0.05, 0.1) is 0 Å². The lowest BCUT2D eigenvalue weighted by atomic mass is 9.96. The van der Waals surface area contributed by atoms with E-state index < -0.39 is 65.6 Å². The highest BCUT2D eigenvalue weighted by molar-refractivity contribution is 5.96. The smallest absolute Gasteiger partial charge is 0.339 e. The molecule has 0 aliphatic heterocycles. The molecular weight excluding hydrogens is 598 g/mol. The zero-order valence-electron chi connectivity index (χ0n) is 26.9. The number of para-hydroxylation sites is 1. The van der Waals surface area contributed by atoms with Gasteiger partial charge in [0.1, 0.15) is 24.2 Å². The Morgan fingerprint density at radius 2 is 1.39 bits per heavy atom. The van der Waals surface area contributed by atoms with Crippen LogP contribution in [-0.4, -0.2) is 71.9 Å². The van der Waals surface area contributed by atoms with Gasteiger partial charge in [0.2, 0.25) is 35.4 Å². The largest absolute Gasteiger partial charge is 0.370 e. The molecule has 1 rings (SSSR count). The molecule has 0 aromatic heterocycles. The van der Waals surface area contributed by atoms with E-state index in [1.165, 1.54) is 13.1 Å². The van der Waals surface area contributed by atoms with Crippen LogP contribution in [0, 0.1) is 11.8 Å². The molecule has 0 spiro atoms. The van der Waals surface area contributed by atoms with Crippen LogP contribution in [0.15, 0.2) is 35.4 Å². The lowest BCUT2D eigenvalue weighted by Crippen LogP contribution is -2.60. The van der Waals surface area contributed by atoms with E-state index in [2.05, 4.69) is 37.1 Å². The summed E-state index contributed by atoms with van der Waals surface area (Å²) in [4.78, 5) is 87.0. The van der Waals surface area contributed by atoms with Gasteiger partial charge in [-0.1, -0.05) is 52.3 Å². The first-order valence-electron chi connectivity index (χ1n) is 15.1. The number of benzene rings is 1. The zero-order chi connectivity index (χ0) is 34.8. The van der Waals surface area contributed by atoms with Crippen molar-refractivity contribution in [3.63, 3.8) is 0 Å². The maximum absolute atomic E-state index is 13.4. The first-order valence-corrected chi connectivity index (χ1v) is 15.1. The Hall–Kier alpha value is -5.02. The molecule has 1 aromatic carbocycles. The molecule has 0 aliphatic carbocycles. The molecule has 0 radical (unpaired) electrons. The first kappa shape index (κ1) is 39.0. The second-order valence-corrected chi connectivity index (χ2v) is 11.1. The van der Waals surface area contributed by atoms with Crippen molar-refractivity contribution in [1.29, 1.82) is 0 Å². The fourth-order valence-corrected chi connectivity index (χ4v) is 4.20. The van der Waals surface area contributed by atoms with Gasteiger partial charge in [-0.05, 0) is 43.2 Å². The molecule has 0 heterocycles. The molecule has 0 saturated carbocycles. The van der Waals surface area contributed by atoms with Gasteiger partial charge in [-0.3, -0.25) is 28.8 Å². The van der Waals surface area contributed by atoms with Crippen LogP contribution in [0.5, 0.6) is 0 Å². The quantitative estimate of drug-likeness (QED) is 0.0753. The number of nitrogens with zero attached hydrogens (tertiary/aromatic N) is 1. The summed E-state index contributed by atoms with van der Waals surface area (Å²) in [7, 11) is 0. The van der Waals surface area contributed by atoms with E-state index in [1.807, 2.05) is 6.92 Å². The summed E-state index contributed by atoms with van der Waals surface area (Å²) < 4.78 is 0. The number of hydrazone groups is 1. The number of rotatable bonds is 19. The predicted molar refractivity (Wildman–Crippen MR) is 172 cm³/mol. The van der Waals surface area contributed by atoms with E-state index in [9.17, 15) is 33.6 Å². The van der Waals surface area contributed by atoms with Crippen LogP contribution in [0.2, 0.25) is 0 Å². The fraction of sp³-hybridized carbons (Fsp3) is 0.533. The summed E-state index contributed by atoms with van der Waals surface area (Å²) in [5.41, 5.74) is 13.6. The molecule has 0 aliphatic rings. The highest BCUT2D eigenvalue weighted by atomic mass is 16.2. The number of urea groups is 1. The van der Waals surface area contributed by atoms with Crippen molar-refractivity contribution in [1.82, 2.24) is 26.7 Å². The SMILES string of the molecule is CCC(C)C(NC(=O)C(CCC(N)=O)NC(=O)C(CC/C=N\NC(=O)Nc1ccccc1)NC(C)=O)C(=O)NC(C(N)=O)C(C)C. The molecule has 254 valence electrons. The predicted octanol–water partition coefficient (Wildman–Crippen LogP) is -0.0139. The minimum Gasteiger partial charge on any atom is -0.370 e. The van der Waals surface area contributed by atoms with Crippen molar-refractivity contribution >= 4 is 53.4 Å². The number of nitrogens with two attached hydrogens (primary N) is 2. The number of carbonyl (C=O) groups is 7. The lowest BCUT2D eigenvalue weighted by Gasteiger charge is -2.29. The molecule has 10 N–H and O–H groups in total. The average molecular weight is 646 g/mol. The summed E-state index contributed by atoms with van der Waals surface area (Å²) in [5.74, 6) is -4.80. The number of anilines is 1. The van der Waals surface area contributed by atoms with E-state index >= 15 is 0 Å². The van der Waals surface area contributed by atoms with Crippen LogP contribution in [0.4, 0.5) is 10.5 Å². The van der Waals surface area contributed by atoms with E-state index in [4.69, 9.17) is 11.5 Å². The molecule has 0 bridgehead atoms. The minimum absolute atomic E-state index is 0.0443. The van der Waals surface area contributed by atoms with Gasteiger partial charge in [0.25, 0.3) is 0 Å². The number of primary amides is 2. The van der Waals surface area contributed by atoms with Crippen LogP contribution in [0.3, 0.4) is 0 Å². The van der Waals surface area contributed by atoms with Gasteiger partial charge in [0.15, 0.2) is 0 Å². The second-order valence-electron chi connectivity index (χ2n) is 11.1. The van der Waals surface area contributed by atoms with Gasteiger partial charge in [-0.2, -0.15) is 5.10 Å². The molecule has 0 fully saturated rings. The highest BCUT2D eigenvalue weighted by Crippen LogP contribution is 2.12. The third kappa shape index (κ3) is 14.6. The average Bonchev–Trinajstić information content (AvgIpc) is 2.98. The monoisotopic (exact) mass is 645 g/mol. The van der Waals surface area contributed by atoms with E-state index in [1.54, 1.807) is 51.1 Å². The number of nitrogens with one attached hydrogen (secondary N) is 6. The maximum Gasteiger partial charge on any atom is 0.339 e. The number of amides is 8. The Labute approximate surface area is 268 Å². The molecule has 5 atom stereocenters. The molecule has 16 nitrogen and oxygen atoms in total. The summed E-state index contributed by atoms with van der Waals surface area (Å²) in [6.07, 6.45) is 1.57. The van der Waals surface area contributed by atoms with Gasteiger partial charge in [-0.15, -0.1) is 0 Å². The normalized spacial score (nSPS) is 14.2. The van der Waals surface area contributed by atoms with Gasteiger partial charge in [-0.25, -0.2) is 10.2 Å². The van der Waals surface area contributed by atoms with E-state index in [0.29, 0.717) is 12.1 Å². The Kier molecular flexibility index (Phi) is 17.0. The summed E-state index contributed by atoms with van der Waals surface area (Å²) in [5, 5.41) is 16.7. The van der Waals surface area contributed by atoms with Crippen LogP contribution < -0.4 is 43.5 Å². The van der Waals surface area contributed by atoms with Crippen molar-refractivity contribution in [2.75, 3.05) is 5.32 Å². The van der Waals surface area contributed by atoms with Crippen LogP contribution in [0.25, 0.3) is 0 Å². The van der Waals surface area contributed by atoms with E-state index in [0.717, 1.165) is 0 Å². The number of carbonyl (C=O) groups excluding carboxylic acids is 7. The maximum atomic E-state index is 13.4. The standard InChI is InChI=1S/C30H47N9O7/c1-6-18(4)25(29(45)37-24(17(2)3)26(32)42)38-28(44)22(14-15-23(31)41)36-27(43)21(34-19(5)40)13-10-16-33-39-30(46)35-20-11-8-7-9-12-20/h7-9,11-12,16-18,21-22,24-25H,6,10,13-15H2,1-5H3,(H2,31,41)(H2,32,42)(H,34,40)(H,36,43)(H,37,45)(H,38,44)(H2,35,39,46)/b33-16-. The highest BCUT2D eigenvalue weighted by Gasteiger charge is 2.33. The Morgan fingerprint density at radius 3 is 1.93 bits per heavy atom. The van der Waals surface area contributed by atoms with Crippen molar-refractivity contribution in [3.05, 3.63) is 30.3 Å². The van der Waals surface area contributed by atoms with E-state index in [-0.39, 0.29) is 37.5 Å². The Morgan fingerprint density at radius 1 is 0.804 bits per heavy atom. The van der Waals surface area contributed by atoms with Crippen molar-refractivity contribution in [2.45, 2.75) is 90.9 Å². The molecular formula is C30H47N9O7. The van der Waals surface area contributed by atoms with Crippen LogP contribution >= 0.6 is 0 Å². The van der Waals surface area contributed by atoms with Crippen molar-refractivity contribution in [2.24, 2.45) is 28.4 Å². The van der Waals surface area contributed by atoms with Gasteiger partial charge >= 0.3 is 6.03 Å². The Balaban J connectivity index is 2.99. The third-order valence-corrected chi connectivity index (χ3v) is 6.94. The van der Waals surface area contributed by atoms with Crippen LogP contribution in [-0.2, 0) is 28.8 Å².